The first-order valence-electron chi connectivity index (χ1n) is 5.82. The summed E-state index contributed by atoms with van der Waals surface area (Å²) in [7, 11) is 5.43. The van der Waals surface area contributed by atoms with Gasteiger partial charge in [-0.2, -0.15) is 0 Å². The number of hydrogen-bond acceptors (Lipinski definition) is 2. The highest BCUT2D eigenvalue weighted by atomic mass is 19.1. The second-order valence-electron chi connectivity index (χ2n) is 5.22. The van der Waals surface area contributed by atoms with Crippen molar-refractivity contribution in [3.05, 3.63) is 42.2 Å². The largest absolute Gasteiger partial charge is 0.494 e. The molecule has 5 heteroatoms. The molecule has 1 fully saturated rings. The van der Waals surface area contributed by atoms with Crippen LogP contribution in [0.2, 0.25) is 0 Å². The van der Waals surface area contributed by atoms with Crippen molar-refractivity contribution in [3.8, 4) is 0 Å². The first kappa shape index (κ1) is 13.4. The minimum absolute atomic E-state index is 0.288. The molecule has 1 unspecified atom stereocenters. The summed E-state index contributed by atoms with van der Waals surface area (Å²) in [6.45, 7) is 9.44. The van der Waals surface area contributed by atoms with Gasteiger partial charge in [-0.05, 0) is 43.9 Å². The molecule has 1 aromatic carbocycles. The van der Waals surface area contributed by atoms with Crippen molar-refractivity contribution >= 4 is 20.4 Å². The molecule has 1 aliphatic heterocycles. The van der Waals surface area contributed by atoms with E-state index in [-0.39, 0.29) is 5.82 Å². The third-order valence-corrected chi connectivity index (χ3v) is 3.45. The van der Waals surface area contributed by atoms with Gasteiger partial charge in [-0.1, -0.05) is 18.7 Å². The SMILES string of the molecule is [B]C1(C)OB(C(=C)c2ccc(F)cc2)OC1(C)C. The predicted molar refractivity (Wildman–Crippen MR) is 71.6 cm³/mol. The molecule has 2 nitrogen and oxygen atoms in total. The van der Waals surface area contributed by atoms with Crippen LogP contribution in [-0.2, 0) is 9.31 Å². The molecular formula is C13H15B2FO2. The number of benzene rings is 1. The van der Waals surface area contributed by atoms with Gasteiger partial charge in [0, 0.05) is 5.50 Å². The van der Waals surface area contributed by atoms with E-state index in [0.29, 0.717) is 5.47 Å². The third kappa shape index (κ3) is 2.25. The van der Waals surface area contributed by atoms with Crippen LogP contribution in [0.3, 0.4) is 0 Å². The molecule has 1 atom stereocenters. The molecule has 0 spiro atoms. The van der Waals surface area contributed by atoms with Crippen molar-refractivity contribution in [1.82, 2.24) is 0 Å². The quantitative estimate of drug-likeness (QED) is 0.744. The standard InChI is InChI=1S/C13H15B2FO2/c1-9(10-5-7-11(16)8-6-10)15-17-12(2,3)13(4,14)18-15/h5-8H,1H2,2-4H3. The molecule has 2 radical (unpaired) electrons. The summed E-state index contributed by atoms with van der Waals surface area (Å²) in [5.41, 5.74) is -0.0893. The molecule has 1 saturated heterocycles. The maximum atomic E-state index is 12.9. The molecule has 1 aliphatic rings. The summed E-state index contributed by atoms with van der Waals surface area (Å²) in [5, 5.41) is 0. The van der Waals surface area contributed by atoms with Gasteiger partial charge in [0.1, 0.15) is 13.7 Å². The molecular weight excluding hydrogens is 229 g/mol. The van der Waals surface area contributed by atoms with E-state index in [2.05, 4.69) is 6.58 Å². The van der Waals surface area contributed by atoms with E-state index in [1.807, 2.05) is 13.8 Å². The fraction of sp³-hybridized carbons (Fsp3) is 0.385. The maximum absolute atomic E-state index is 12.9. The topological polar surface area (TPSA) is 18.5 Å². The second-order valence-corrected chi connectivity index (χ2v) is 5.22. The summed E-state index contributed by atoms with van der Waals surface area (Å²) in [4.78, 5) is 0. The Kier molecular flexibility index (Phi) is 3.16. The van der Waals surface area contributed by atoms with Crippen molar-refractivity contribution in [2.75, 3.05) is 0 Å². The van der Waals surface area contributed by atoms with Gasteiger partial charge in [-0.15, -0.1) is 0 Å². The van der Waals surface area contributed by atoms with Crippen LogP contribution in [-0.4, -0.2) is 26.1 Å². The van der Waals surface area contributed by atoms with Crippen LogP contribution in [0.4, 0.5) is 4.39 Å². The summed E-state index contributed by atoms with van der Waals surface area (Å²) in [5.74, 6) is -0.288. The fourth-order valence-electron chi connectivity index (χ4n) is 1.72. The summed E-state index contributed by atoms with van der Waals surface area (Å²) in [6, 6.07) is 6.04. The van der Waals surface area contributed by atoms with Crippen molar-refractivity contribution in [3.63, 3.8) is 0 Å². The third-order valence-electron chi connectivity index (χ3n) is 3.45. The average Bonchev–Trinajstić information content (AvgIpc) is 2.48. The fourth-order valence-corrected chi connectivity index (χ4v) is 1.72. The molecule has 0 saturated carbocycles. The highest BCUT2D eigenvalue weighted by Crippen LogP contribution is 2.38. The van der Waals surface area contributed by atoms with Crippen molar-refractivity contribution in [2.24, 2.45) is 0 Å². The lowest BCUT2D eigenvalue weighted by atomic mass is 9.71. The van der Waals surface area contributed by atoms with Gasteiger partial charge >= 0.3 is 7.12 Å². The second kappa shape index (κ2) is 4.25. The Hall–Kier alpha value is -1.06. The van der Waals surface area contributed by atoms with Crippen LogP contribution in [0.5, 0.6) is 0 Å². The van der Waals surface area contributed by atoms with Crippen molar-refractivity contribution in [1.29, 1.82) is 0 Å². The van der Waals surface area contributed by atoms with Gasteiger partial charge in [0.2, 0.25) is 0 Å². The number of hydrogen-bond donors (Lipinski definition) is 0. The Balaban J connectivity index is 2.20. The van der Waals surface area contributed by atoms with E-state index in [4.69, 9.17) is 17.2 Å². The molecule has 0 N–H and O–H groups in total. The molecule has 0 amide bonds. The molecule has 92 valence electrons. The maximum Gasteiger partial charge on any atom is 0.494 e. The molecule has 1 aromatic rings. The van der Waals surface area contributed by atoms with Gasteiger partial charge in [-0.25, -0.2) is 4.39 Å². The van der Waals surface area contributed by atoms with Gasteiger partial charge in [0.15, 0.2) is 0 Å². The Bertz CT molecular complexity index is 452. The van der Waals surface area contributed by atoms with E-state index in [1.165, 1.54) is 12.1 Å². The van der Waals surface area contributed by atoms with Crippen LogP contribution in [0, 0.1) is 5.82 Å². The lowest BCUT2D eigenvalue weighted by molar-refractivity contribution is 0.0539. The summed E-state index contributed by atoms with van der Waals surface area (Å²) < 4.78 is 24.3. The van der Waals surface area contributed by atoms with E-state index in [1.54, 1.807) is 19.1 Å². The van der Waals surface area contributed by atoms with Gasteiger partial charge in [0.05, 0.1) is 5.60 Å². The zero-order valence-electron chi connectivity index (χ0n) is 10.9. The molecule has 1 heterocycles. The van der Waals surface area contributed by atoms with Crippen molar-refractivity contribution in [2.45, 2.75) is 31.9 Å². The van der Waals surface area contributed by atoms with Crippen molar-refractivity contribution < 1.29 is 13.7 Å². The lowest BCUT2D eigenvalue weighted by Gasteiger charge is -2.33. The summed E-state index contributed by atoms with van der Waals surface area (Å²) in [6.07, 6.45) is 0. The Morgan fingerprint density at radius 3 is 2.22 bits per heavy atom. The van der Waals surface area contributed by atoms with Crippen LogP contribution < -0.4 is 0 Å². The minimum atomic E-state index is -0.888. The van der Waals surface area contributed by atoms with E-state index >= 15 is 0 Å². The average molecular weight is 244 g/mol. The number of halogens is 1. The zero-order chi connectivity index (χ0) is 13.6. The van der Waals surface area contributed by atoms with E-state index in [0.717, 1.165) is 5.56 Å². The highest BCUT2D eigenvalue weighted by molar-refractivity contribution is 6.69. The highest BCUT2D eigenvalue weighted by Gasteiger charge is 2.51. The molecule has 0 bridgehead atoms. The van der Waals surface area contributed by atoms with Crippen LogP contribution >= 0.6 is 0 Å². The van der Waals surface area contributed by atoms with Crippen LogP contribution in [0.15, 0.2) is 30.8 Å². The Labute approximate surface area is 109 Å². The summed E-state index contributed by atoms with van der Waals surface area (Å²) >= 11 is 0. The Morgan fingerprint density at radius 2 is 1.78 bits per heavy atom. The van der Waals surface area contributed by atoms with Crippen LogP contribution in [0.25, 0.3) is 5.47 Å². The Morgan fingerprint density at radius 1 is 1.22 bits per heavy atom. The van der Waals surface area contributed by atoms with E-state index in [9.17, 15) is 4.39 Å². The van der Waals surface area contributed by atoms with E-state index < -0.39 is 18.2 Å². The predicted octanol–water partition coefficient (Wildman–Crippen LogP) is 2.58. The molecule has 0 aromatic heterocycles. The smallest absolute Gasteiger partial charge is 0.408 e. The molecule has 18 heavy (non-hydrogen) atoms. The normalized spacial score (nSPS) is 26.3. The van der Waals surface area contributed by atoms with Gasteiger partial charge in [0.25, 0.3) is 0 Å². The first-order valence-corrected chi connectivity index (χ1v) is 5.82. The molecule has 2 rings (SSSR count). The minimum Gasteiger partial charge on any atom is -0.408 e. The molecule has 0 aliphatic carbocycles. The monoisotopic (exact) mass is 244 g/mol. The number of rotatable bonds is 2. The van der Waals surface area contributed by atoms with Gasteiger partial charge in [-0.3, -0.25) is 0 Å². The lowest BCUT2D eigenvalue weighted by Crippen LogP contribution is -2.45. The van der Waals surface area contributed by atoms with Gasteiger partial charge < -0.3 is 9.31 Å². The first-order chi connectivity index (χ1) is 8.23. The van der Waals surface area contributed by atoms with Crippen LogP contribution in [0.1, 0.15) is 26.3 Å². The zero-order valence-corrected chi connectivity index (χ0v) is 10.9.